The zero-order valence-corrected chi connectivity index (χ0v) is 15.7. The van der Waals surface area contributed by atoms with E-state index in [0.717, 1.165) is 4.91 Å². The summed E-state index contributed by atoms with van der Waals surface area (Å²) in [7, 11) is 0. The Labute approximate surface area is 150 Å². The van der Waals surface area contributed by atoms with Crippen molar-refractivity contribution in [3.05, 3.63) is 82.6 Å². The normalized spacial score (nSPS) is 11.7. The smallest absolute Gasteiger partial charge is 0.0449 e. The minimum Gasteiger partial charge on any atom is -0.140 e. The molecule has 0 radical (unpaired) electrons. The topological polar surface area (TPSA) is 0 Å². The molecule has 0 saturated carbocycles. The van der Waals surface area contributed by atoms with Crippen LogP contribution in [0.2, 0.25) is 0 Å². The standard InChI is InChI=1S/C20H18S3/c1-4-17(22-15(3)16-8-6-5-7-9-16)18-12-13-20(23-18)19-11-10-14(2)21-19/h4-13H,3H2,1-2H3/b17-4-. The van der Waals surface area contributed by atoms with E-state index in [9.17, 15) is 0 Å². The van der Waals surface area contributed by atoms with E-state index < -0.39 is 0 Å². The Morgan fingerprint density at radius 2 is 1.65 bits per heavy atom. The largest absolute Gasteiger partial charge is 0.140 e. The van der Waals surface area contributed by atoms with Crippen molar-refractivity contribution < 1.29 is 0 Å². The van der Waals surface area contributed by atoms with Crippen LogP contribution in [0.15, 0.2) is 67.3 Å². The van der Waals surface area contributed by atoms with Crippen LogP contribution in [0.4, 0.5) is 0 Å². The first-order valence-corrected chi connectivity index (χ1v) is 9.88. The van der Waals surface area contributed by atoms with E-state index in [1.54, 1.807) is 11.8 Å². The lowest BCUT2D eigenvalue weighted by Gasteiger charge is -2.07. The summed E-state index contributed by atoms with van der Waals surface area (Å²) < 4.78 is 0. The molecule has 1 aromatic carbocycles. The third-order valence-electron chi connectivity index (χ3n) is 3.42. The van der Waals surface area contributed by atoms with Crippen LogP contribution >= 0.6 is 34.4 Å². The van der Waals surface area contributed by atoms with E-state index in [1.807, 2.05) is 28.7 Å². The molecule has 116 valence electrons. The first-order chi connectivity index (χ1) is 11.2. The van der Waals surface area contributed by atoms with Crippen molar-refractivity contribution in [2.75, 3.05) is 0 Å². The second-order valence-corrected chi connectivity index (χ2v) is 8.63. The minimum atomic E-state index is 1.08. The average Bonchev–Trinajstić information content (AvgIpc) is 3.22. The Morgan fingerprint density at radius 1 is 0.957 bits per heavy atom. The number of thioether (sulfide) groups is 1. The zero-order valence-electron chi connectivity index (χ0n) is 13.2. The van der Waals surface area contributed by atoms with Gasteiger partial charge in [0.15, 0.2) is 0 Å². The third-order valence-corrected chi connectivity index (χ3v) is 7.03. The number of rotatable bonds is 5. The van der Waals surface area contributed by atoms with Gasteiger partial charge in [-0.05, 0) is 43.7 Å². The summed E-state index contributed by atoms with van der Waals surface area (Å²) in [6, 6.07) is 19.2. The monoisotopic (exact) mass is 354 g/mol. The molecule has 0 aliphatic rings. The average molecular weight is 355 g/mol. The molecule has 23 heavy (non-hydrogen) atoms. The van der Waals surface area contributed by atoms with E-state index >= 15 is 0 Å². The molecule has 3 aromatic rings. The van der Waals surface area contributed by atoms with Crippen molar-refractivity contribution >= 4 is 44.2 Å². The van der Waals surface area contributed by atoms with E-state index in [4.69, 9.17) is 0 Å². The molecule has 0 atom stereocenters. The molecule has 0 fully saturated rings. The summed E-state index contributed by atoms with van der Waals surface area (Å²) in [5.41, 5.74) is 1.18. The minimum absolute atomic E-state index is 1.08. The number of benzene rings is 1. The highest BCUT2D eigenvalue weighted by Crippen LogP contribution is 2.43. The van der Waals surface area contributed by atoms with Gasteiger partial charge in [0.05, 0.1) is 0 Å². The molecule has 3 heteroatoms. The van der Waals surface area contributed by atoms with Gasteiger partial charge in [-0.3, -0.25) is 0 Å². The lowest BCUT2D eigenvalue weighted by Crippen LogP contribution is -1.79. The summed E-state index contributed by atoms with van der Waals surface area (Å²) in [5.74, 6) is 0. The molecule has 0 N–H and O–H groups in total. The predicted molar refractivity (Wildman–Crippen MR) is 109 cm³/mol. The molecular formula is C20H18S3. The molecule has 2 heterocycles. The van der Waals surface area contributed by atoms with Gasteiger partial charge in [-0.1, -0.05) is 54.7 Å². The van der Waals surface area contributed by atoms with Gasteiger partial charge in [0, 0.05) is 29.3 Å². The number of allylic oxidation sites excluding steroid dienone is 1. The Balaban J connectivity index is 1.80. The lowest BCUT2D eigenvalue weighted by atomic mass is 10.2. The highest BCUT2D eigenvalue weighted by Gasteiger charge is 2.10. The van der Waals surface area contributed by atoms with Crippen molar-refractivity contribution in [3.8, 4) is 9.75 Å². The Bertz CT molecular complexity index is 835. The van der Waals surface area contributed by atoms with Crippen molar-refractivity contribution in [2.24, 2.45) is 0 Å². The van der Waals surface area contributed by atoms with Crippen LogP contribution in [-0.4, -0.2) is 0 Å². The van der Waals surface area contributed by atoms with E-state index in [1.165, 1.54) is 30.0 Å². The van der Waals surface area contributed by atoms with Crippen LogP contribution in [-0.2, 0) is 0 Å². The maximum absolute atomic E-state index is 4.24. The fraction of sp³-hybridized carbons (Fsp3) is 0.100. The molecule has 3 rings (SSSR count). The fourth-order valence-corrected chi connectivity index (χ4v) is 5.23. The predicted octanol–water partition coefficient (Wildman–Crippen LogP) is 7.55. The van der Waals surface area contributed by atoms with Crippen LogP contribution in [0.5, 0.6) is 0 Å². The highest BCUT2D eigenvalue weighted by molar-refractivity contribution is 8.16. The van der Waals surface area contributed by atoms with Crippen LogP contribution in [0.25, 0.3) is 19.6 Å². The third kappa shape index (κ3) is 3.86. The van der Waals surface area contributed by atoms with E-state index in [0.29, 0.717) is 0 Å². The second kappa shape index (κ2) is 7.35. The number of hydrogen-bond acceptors (Lipinski definition) is 3. The van der Waals surface area contributed by atoms with Gasteiger partial charge in [0.25, 0.3) is 0 Å². The van der Waals surface area contributed by atoms with Gasteiger partial charge in [0.1, 0.15) is 0 Å². The summed E-state index contributed by atoms with van der Waals surface area (Å²) in [4.78, 5) is 7.69. The van der Waals surface area contributed by atoms with Crippen LogP contribution in [0.3, 0.4) is 0 Å². The Kier molecular flexibility index (Phi) is 5.21. The van der Waals surface area contributed by atoms with Gasteiger partial charge in [-0.15, -0.1) is 22.7 Å². The quantitative estimate of drug-likeness (QED) is 0.456. The molecular weight excluding hydrogens is 336 g/mol. The molecule has 2 aromatic heterocycles. The van der Waals surface area contributed by atoms with Crippen molar-refractivity contribution in [2.45, 2.75) is 13.8 Å². The van der Waals surface area contributed by atoms with Gasteiger partial charge in [0.2, 0.25) is 0 Å². The maximum atomic E-state index is 4.24. The van der Waals surface area contributed by atoms with Gasteiger partial charge in [-0.2, -0.15) is 0 Å². The van der Waals surface area contributed by atoms with E-state index in [-0.39, 0.29) is 0 Å². The van der Waals surface area contributed by atoms with Crippen molar-refractivity contribution in [1.82, 2.24) is 0 Å². The number of aryl methyl sites for hydroxylation is 1. The molecule has 0 spiro atoms. The summed E-state index contributed by atoms with van der Waals surface area (Å²) in [6.07, 6.45) is 2.17. The summed E-state index contributed by atoms with van der Waals surface area (Å²) in [5, 5.41) is 0. The highest BCUT2D eigenvalue weighted by atomic mass is 32.2. The van der Waals surface area contributed by atoms with Crippen LogP contribution in [0.1, 0.15) is 22.2 Å². The Hall–Kier alpha value is -1.55. The maximum Gasteiger partial charge on any atom is 0.0449 e. The lowest BCUT2D eigenvalue weighted by molar-refractivity contribution is 1.64. The van der Waals surface area contributed by atoms with Crippen LogP contribution in [0, 0.1) is 6.92 Å². The molecule has 0 saturated heterocycles. The number of thiophene rings is 2. The fourth-order valence-electron chi connectivity index (χ4n) is 2.24. The first-order valence-electron chi connectivity index (χ1n) is 7.43. The van der Waals surface area contributed by atoms with Gasteiger partial charge in [-0.25, -0.2) is 0 Å². The van der Waals surface area contributed by atoms with Gasteiger partial charge < -0.3 is 0 Å². The van der Waals surface area contributed by atoms with E-state index in [2.05, 4.69) is 75.0 Å². The molecule has 0 aliphatic heterocycles. The summed E-state index contributed by atoms with van der Waals surface area (Å²) >= 11 is 5.45. The SMILES string of the molecule is C=C(S/C(=C\C)c1ccc(-c2ccc(C)s2)s1)c1ccccc1. The molecule has 0 aliphatic carbocycles. The van der Waals surface area contributed by atoms with Crippen molar-refractivity contribution in [3.63, 3.8) is 0 Å². The second-order valence-electron chi connectivity index (χ2n) is 5.12. The number of hydrogen-bond donors (Lipinski definition) is 0. The summed E-state index contributed by atoms with van der Waals surface area (Å²) in [6.45, 7) is 8.48. The van der Waals surface area contributed by atoms with Crippen LogP contribution < -0.4 is 0 Å². The molecule has 0 unspecified atom stereocenters. The molecule has 0 nitrogen and oxygen atoms in total. The zero-order chi connectivity index (χ0) is 16.2. The molecule has 0 bridgehead atoms. The molecule has 0 amide bonds. The first kappa shape index (κ1) is 16.3. The van der Waals surface area contributed by atoms with Crippen molar-refractivity contribution in [1.29, 1.82) is 0 Å². The Morgan fingerprint density at radius 3 is 2.30 bits per heavy atom. The van der Waals surface area contributed by atoms with Gasteiger partial charge >= 0.3 is 0 Å².